The predicted octanol–water partition coefficient (Wildman–Crippen LogP) is 25.9. The number of rotatable bonds is 15. The van der Waals surface area contributed by atoms with Crippen LogP contribution in [0.4, 0.5) is 34.1 Å². The average molecular weight is 1190 g/mol. The second-order valence-corrected chi connectivity index (χ2v) is 23.6. The van der Waals surface area contributed by atoms with E-state index in [1.807, 2.05) is 48.5 Å². The molecule has 89 heavy (non-hydrogen) atoms. The van der Waals surface area contributed by atoms with Crippen molar-refractivity contribution in [3.05, 3.63) is 248 Å². The summed E-state index contributed by atoms with van der Waals surface area (Å²) in [5.41, 5.74) is 30.3. The molecule has 0 aliphatic rings. The average Bonchev–Trinajstić information content (AvgIpc) is 0.750. The van der Waals surface area contributed by atoms with E-state index in [0.717, 1.165) is 92.2 Å². The number of benzene rings is 11. The van der Waals surface area contributed by atoms with Crippen molar-refractivity contribution in [1.82, 2.24) is 0 Å². The topological polar surface area (TPSA) is 26.7 Å². The summed E-state index contributed by atoms with van der Waals surface area (Å²) < 4.78 is 0. The van der Waals surface area contributed by atoms with Crippen molar-refractivity contribution in [2.45, 2.75) is 151 Å². The third-order valence-corrected chi connectivity index (χ3v) is 18.4. The zero-order valence-electron chi connectivity index (χ0n) is 56.9. The first-order valence-electron chi connectivity index (χ1n) is 32.7. The Hall–Kier alpha value is -8.31. The molecule has 0 spiro atoms. The Morgan fingerprint density at radius 2 is 1.00 bits per heavy atom. The summed E-state index contributed by atoms with van der Waals surface area (Å²) in [5.74, 6) is 0.972. The van der Waals surface area contributed by atoms with E-state index >= 15 is 0 Å². The zero-order valence-corrected chi connectivity index (χ0v) is 57.8. The van der Waals surface area contributed by atoms with E-state index in [9.17, 15) is 5.11 Å². The van der Waals surface area contributed by atoms with Crippen molar-refractivity contribution in [3.8, 4) is 39.1 Å². The Balaban J connectivity index is 0.00000166. The van der Waals surface area contributed by atoms with Crippen molar-refractivity contribution >= 4 is 84.6 Å². The molecule has 0 aliphatic heterocycles. The molecule has 0 saturated carbocycles. The number of phenols is 1. The Kier molecular flexibility index (Phi) is 22.0. The minimum atomic E-state index is 0.325. The molecule has 0 aromatic heterocycles. The van der Waals surface area contributed by atoms with Crippen LogP contribution in [0.3, 0.4) is 0 Å². The Labute approximate surface area is 540 Å². The summed E-state index contributed by atoms with van der Waals surface area (Å²) in [6.45, 7) is 40.7. The van der Waals surface area contributed by atoms with Gasteiger partial charge in [0.15, 0.2) is 0 Å². The highest BCUT2D eigenvalue weighted by atomic mass is 32.1. The standard InChI is InChI=1S/C79H78N2OS.3C2H6/c1-14-23-57-24-19-30-66(62(57)15-2)65-29-21-33-71(56(65)13)80(61-26-18-25-60(46-61)70-45-49(6)48(5)44-50(70)7)74-41-37-58-36-40-69-75(42-38-59-35-39-68(74)77(58)78(59)69)81(72-34-20-28-64(55(72)12)63(47(3)4)31-22-43-83)73-32-17-16-27-67(73)76-53(10)51(8)52(9)54(11)79(76)82;3*1-2/h16-22,24-42,44-46,82-83H,14-15,23,43H2,1-13H3;3*1-2H3/b31-22-;;;. The van der Waals surface area contributed by atoms with Gasteiger partial charge in [-0.05, 0) is 248 Å². The minimum Gasteiger partial charge on any atom is -0.507 e. The third-order valence-electron chi connectivity index (χ3n) is 18.2. The summed E-state index contributed by atoms with van der Waals surface area (Å²) in [7, 11) is 0. The maximum atomic E-state index is 12.3. The number of aromatic hydroxyl groups is 1. The van der Waals surface area contributed by atoms with E-state index in [-0.39, 0.29) is 0 Å². The molecule has 11 rings (SSSR count). The largest absolute Gasteiger partial charge is 0.507 e. The lowest BCUT2D eigenvalue weighted by Crippen LogP contribution is -2.14. The summed E-state index contributed by atoms with van der Waals surface area (Å²) in [4.78, 5) is 5.00. The molecule has 0 radical (unpaired) electrons. The van der Waals surface area contributed by atoms with Gasteiger partial charge in [0.2, 0.25) is 0 Å². The van der Waals surface area contributed by atoms with Gasteiger partial charge in [-0.2, -0.15) is 12.6 Å². The molecular weight excluding hydrogens is 1100 g/mol. The summed E-state index contributed by atoms with van der Waals surface area (Å²) in [6.07, 6.45) is 7.49. The van der Waals surface area contributed by atoms with Gasteiger partial charge in [0.25, 0.3) is 0 Å². The molecule has 0 fully saturated rings. The fourth-order valence-electron chi connectivity index (χ4n) is 13.4. The first kappa shape index (κ1) is 66.6. The smallest absolute Gasteiger partial charge is 0.126 e. The Morgan fingerprint density at radius 1 is 0.461 bits per heavy atom. The van der Waals surface area contributed by atoms with Crippen LogP contribution >= 0.6 is 12.6 Å². The van der Waals surface area contributed by atoms with Crippen LogP contribution in [-0.4, -0.2) is 10.9 Å². The fraction of sp³-hybridized carbons (Fsp3) is 0.271. The lowest BCUT2D eigenvalue weighted by molar-refractivity contribution is 0.472. The van der Waals surface area contributed by atoms with Gasteiger partial charge in [0, 0.05) is 44.7 Å². The van der Waals surface area contributed by atoms with Gasteiger partial charge in [-0.1, -0.05) is 201 Å². The number of nitrogens with zero attached hydrogens (tertiary/aromatic N) is 2. The first-order valence-corrected chi connectivity index (χ1v) is 33.3. The maximum absolute atomic E-state index is 12.3. The van der Waals surface area contributed by atoms with Crippen LogP contribution in [0.5, 0.6) is 5.75 Å². The molecule has 0 aliphatic carbocycles. The number of anilines is 6. The molecule has 0 amide bonds. The van der Waals surface area contributed by atoms with Crippen LogP contribution in [0.2, 0.25) is 0 Å². The number of hydrogen-bond donors (Lipinski definition) is 2. The predicted molar refractivity (Wildman–Crippen MR) is 399 cm³/mol. The molecule has 0 unspecified atom stereocenters. The van der Waals surface area contributed by atoms with Crippen LogP contribution < -0.4 is 9.80 Å². The normalized spacial score (nSPS) is 11.1. The first-order chi connectivity index (χ1) is 43.1. The number of phenolic OH excluding ortho intramolecular Hbond substituents is 1. The van der Waals surface area contributed by atoms with Crippen molar-refractivity contribution in [2.24, 2.45) is 0 Å². The molecular formula is C85H96N2OS. The number of thiol groups is 1. The van der Waals surface area contributed by atoms with Gasteiger partial charge >= 0.3 is 0 Å². The van der Waals surface area contributed by atoms with E-state index in [1.165, 1.54) is 105 Å². The second-order valence-electron chi connectivity index (χ2n) is 23.2. The Morgan fingerprint density at radius 3 is 1.63 bits per heavy atom. The van der Waals surface area contributed by atoms with Gasteiger partial charge < -0.3 is 14.9 Å². The molecule has 0 bridgehead atoms. The molecule has 3 nitrogen and oxygen atoms in total. The third kappa shape index (κ3) is 12.6. The highest BCUT2D eigenvalue weighted by molar-refractivity contribution is 7.80. The van der Waals surface area contributed by atoms with Crippen molar-refractivity contribution in [2.75, 3.05) is 15.6 Å². The van der Waals surface area contributed by atoms with Gasteiger partial charge in [-0.3, -0.25) is 0 Å². The lowest BCUT2D eigenvalue weighted by atomic mass is 9.88. The zero-order chi connectivity index (χ0) is 64.5. The lowest BCUT2D eigenvalue weighted by Gasteiger charge is -2.33. The van der Waals surface area contributed by atoms with E-state index in [0.29, 0.717) is 11.5 Å². The van der Waals surface area contributed by atoms with Gasteiger partial charge in [-0.15, -0.1) is 0 Å². The summed E-state index contributed by atoms with van der Waals surface area (Å²) in [6, 6.07) is 61.7. The minimum absolute atomic E-state index is 0.325. The highest BCUT2D eigenvalue weighted by Crippen LogP contribution is 2.53. The number of para-hydroxylation sites is 1. The van der Waals surface area contributed by atoms with Crippen LogP contribution in [-0.2, 0) is 12.8 Å². The Bertz CT molecular complexity index is 4370. The second kappa shape index (κ2) is 29.3. The number of aryl methyl sites for hydroxylation is 4. The highest BCUT2D eigenvalue weighted by Gasteiger charge is 2.28. The molecule has 0 heterocycles. The van der Waals surface area contributed by atoms with Crippen molar-refractivity contribution in [3.63, 3.8) is 0 Å². The van der Waals surface area contributed by atoms with Gasteiger partial charge in [0.1, 0.15) is 5.75 Å². The van der Waals surface area contributed by atoms with E-state index in [1.54, 1.807) is 0 Å². The molecule has 4 heteroatoms. The van der Waals surface area contributed by atoms with Gasteiger partial charge in [-0.25, -0.2) is 0 Å². The number of hydrogen-bond acceptors (Lipinski definition) is 4. The summed E-state index contributed by atoms with van der Waals surface area (Å²) in [5, 5.41) is 19.4. The monoisotopic (exact) mass is 1190 g/mol. The van der Waals surface area contributed by atoms with E-state index in [2.05, 4.69) is 281 Å². The molecule has 0 atom stereocenters. The van der Waals surface area contributed by atoms with Crippen molar-refractivity contribution < 1.29 is 5.11 Å². The fourth-order valence-corrected chi connectivity index (χ4v) is 13.5. The SMILES string of the molecule is CC.CC.CC.CCCc1cccc(-c2cccc(N(c3cccc(-c4cc(C)c(C)cc4C)c3)c3ccc4ccc5c(N(c6ccccc6-c6c(C)c(C)c(C)c(C)c6O)c6cccc(C(/C=C\CS)=C(C)C)c6C)ccc6ccc3c4c65)c2C)c1CC. The molecule has 1 N–H and O–H groups in total. The molecule has 11 aromatic rings. The molecule has 0 saturated heterocycles. The van der Waals surface area contributed by atoms with E-state index in [4.69, 9.17) is 0 Å². The van der Waals surface area contributed by atoms with Crippen molar-refractivity contribution in [1.29, 1.82) is 0 Å². The van der Waals surface area contributed by atoms with Crippen LogP contribution in [0.1, 0.15) is 142 Å². The maximum Gasteiger partial charge on any atom is 0.126 e. The molecule has 11 aromatic carbocycles. The number of allylic oxidation sites excluding steroid dienone is 3. The molecule has 458 valence electrons. The van der Waals surface area contributed by atoms with E-state index < -0.39 is 0 Å². The summed E-state index contributed by atoms with van der Waals surface area (Å²) >= 11 is 4.59. The van der Waals surface area contributed by atoms with Gasteiger partial charge in [0.05, 0.1) is 17.1 Å². The van der Waals surface area contributed by atoms with Crippen LogP contribution in [0, 0.1) is 62.3 Å². The quantitative estimate of drug-likeness (QED) is 0.0608. The van der Waals surface area contributed by atoms with Crippen LogP contribution in [0.25, 0.3) is 71.3 Å². The van der Waals surface area contributed by atoms with Crippen LogP contribution in [0.15, 0.2) is 182 Å².